The topological polar surface area (TPSA) is 83.5 Å². The van der Waals surface area contributed by atoms with Gasteiger partial charge in [0.2, 0.25) is 5.60 Å². The van der Waals surface area contributed by atoms with Crippen LogP contribution >= 0.6 is 0 Å². The Balaban J connectivity index is 1.80. The fourth-order valence-electron chi connectivity index (χ4n) is 2.86. The maximum atomic E-state index is 12.1. The van der Waals surface area contributed by atoms with Crippen molar-refractivity contribution in [2.45, 2.75) is 63.2 Å². The van der Waals surface area contributed by atoms with Gasteiger partial charge in [0.05, 0.1) is 13.2 Å². The summed E-state index contributed by atoms with van der Waals surface area (Å²) in [6, 6.07) is 0. The van der Waals surface area contributed by atoms with Gasteiger partial charge < -0.3 is 28.8 Å². The SMILES string of the molecule is CC1(C)OCC(C2OC(=O)C3(COC(C)(C)O3)C2O)O1. The quantitative estimate of drug-likeness (QED) is 0.677. The van der Waals surface area contributed by atoms with Crippen LogP contribution in [0.2, 0.25) is 0 Å². The van der Waals surface area contributed by atoms with Gasteiger partial charge in [0.25, 0.3) is 0 Å². The van der Waals surface area contributed by atoms with E-state index in [4.69, 9.17) is 23.7 Å². The molecule has 0 aromatic rings. The zero-order valence-corrected chi connectivity index (χ0v) is 12.0. The maximum Gasteiger partial charge on any atom is 0.344 e. The van der Waals surface area contributed by atoms with Crippen molar-refractivity contribution in [2.75, 3.05) is 13.2 Å². The van der Waals surface area contributed by atoms with Crippen molar-refractivity contribution in [1.29, 1.82) is 0 Å². The molecule has 1 spiro atoms. The number of aliphatic hydroxyl groups excluding tert-OH is 1. The molecule has 0 radical (unpaired) electrons. The molecule has 0 saturated carbocycles. The van der Waals surface area contributed by atoms with Crippen molar-refractivity contribution in [3.8, 4) is 0 Å². The van der Waals surface area contributed by atoms with Gasteiger partial charge in [0.1, 0.15) is 12.2 Å². The minimum Gasteiger partial charge on any atom is -0.454 e. The first-order valence-corrected chi connectivity index (χ1v) is 6.70. The minimum absolute atomic E-state index is 0.0343. The molecule has 7 nitrogen and oxygen atoms in total. The summed E-state index contributed by atoms with van der Waals surface area (Å²) in [4.78, 5) is 12.1. The third kappa shape index (κ3) is 2.05. The molecule has 3 saturated heterocycles. The molecule has 3 fully saturated rings. The predicted molar refractivity (Wildman–Crippen MR) is 64.6 cm³/mol. The maximum absolute atomic E-state index is 12.1. The third-order valence-corrected chi connectivity index (χ3v) is 3.84. The Kier molecular flexibility index (Phi) is 2.94. The minimum atomic E-state index is -1.47. The van der Waals surface area contributed by atoms with Crippen LogP contribution in [0, 0.1) is 0 Å². The summed E-state index contributed by atoms with van der Waals surface area (Å²) in [6.07, 6.45) is -2.49. The fourth-order valence-corrected chi connectivity index (χ4v) is 2.86. The molecule has 0 aromatic carbocycles. The van der Waals surface area contributed by atoms with E-state index in [-0.39, 0.29) is 13.2 Å². The molecule has 4 unspecified atom stereocenters. The van der Waals surface area contributed by atoms with Crippen LogP contribution in [0.15, 0.2) is 0 Å². The zero-order valence-electron chi connectivity index (χ0n) is 12.0. The van der Waals surface area contributed by atoms with Gasteiger partial charge in [0, 0.05) is 0 Å². The van der Waals surface area contributed by atoms with Crippen LogP contribution in [0.1, 0.15) is 27.7 Å². The molecule has 3 heterocycles. The Morgan fingerprint density at radius 2 is 1.85 bits per heavy atom. The van der Waals surface area contributed by atoms with Crippen molar-refractivity contribution in [1.82, 2.24) is 0 Å². The lowest BCUT2D eigenvalue weighted by Gasteiger charge is -2.26. The van der Waals surface area contributed by atoms with Crippen molar-refractivity contribution in [2.24, 2.45) is 0 Å². The van der Waals surface area contributed by atoms with Gasteiger partial charge in [-0.15, -0.1) is 0 Å². The molecule has 3 aliphatic heterocycles. The summed E-state index contributed by atoms with van der Waals surface area (Å²) < 4.78 is 27.4. The number of hydrogen-bond acceptors (Lipinski definition) is 7. The highest BCUT2D eigenvalue weighted by Gasteiger charge is 2.66. The van der Waals surface area contributed by atoms with Crippen molar-refractivity contribution < 1.29 is 33.6 Å². The number of hydrogen-bond donors (Lipinski definition) is 1. The summed E-state index contributed by atoms with van der Waals surface area (Å²) in [6.45, 7) is 7.13. The lowest BCUT2D eigenvalue weighted by molar-refractivity contribution is -0.187. The average Bonchev–Trinajstić information content (AvgIpc) is 2.91. The Hall–Kier alpha value is -0.730. The number of carbonyl (C=O) groups is 1. The van der Waals surface area contributed by atoms with Crippen LogP contribution in [0.25, 0.3) is 0 Å². The monoisotopic (exact) mass is 288 g/mol. The van der Waals surface area contributed by atoms with Crippen LogP contribution < -0.4 is 0 Å². The van der Waals surface area contributed by atoms with Gasteiger partial charge in [-0.3, -0.25) is 0 Å². The summed E-state index contributed by atoms with van der Waals surface area (Å²) in [5.74, 6) is -2.30. The number of rotatable bonds is 1. The Bertz CT molecular complexity index is 432. The van der Waals surface area contributed by atoms with E-state index in [0.29, 0.717) is 0 Å². The normalized spacial score (nSPS) is 46.0. The average molecular weight is 288 g/mol. The molecule has 0 aromatic heterocycles. The molecule has 0 amide bonds. The standard InChI is InChI=1S/C13H20O7/c1-11(2)16-5-7(19-11)8-9(14)13(10(15)18-8)6-17-12(3,4)20-13/h7-9,14H,5-6H2,1-4H3. The van der Waals surface area contributed by atoms with E-state index in [1.807, 2.05) is 0 Å². The number of ether oxygens (including phenoxy) is 5. The van der Waals surface area contributed by atoms with Crippen LogP contribution in [-0.4, -0.2) is 59.8 Å². The molecule has 20 heavy (non-hydrogen) atoms. The molecule has 7 heteroatoms. The van der Waals surface area contributed by atoms with Crippen LogP contribution in [0.4, 0.5) is 0 Å². The van der Waals surface area contributed by atoms with E-state index in [0.717, 1.165) is 0 Å². The van der Waals surface area contributed by atoms with E-state index in [2.05, 4.69) is 0 Å². The highest BCUT2D eigenvalue weighted by Crippen LogP contribution is 2.42. The van der Waals surface area contributed by atoms with E-state index in [9.17, 15) is 9.90 Å². The van der Waals surface area contributed by atoms with E-state index in [1.54, 1.807) is 27.7 Å². The van der Waals surface area contributed by atoms with Crippen LogP contribution in [0.5, 0.6) is 0 Å². The van der Waals surface area contributed by atoms with E-state index in [1.165, 1.54) is 0 Å². The molecular weight excluding hydrogens is 268 g/mol. The third-order valence-electron chi connectivity index (χ3n) is 3.84. The summed E-state index contributed by atoms with van der Waals surface area (Å²) >= 11 is 0. The molecule has 0 aliphatic carbocycles. The van der Waals surface area contributed by atoms with Crippen molar-refractivity contribution in [3.05, 3.63) is 0 Å². The van der Waals surface area contributed by atoms with Gasteiger partial charge in [-0.2, -0.15) is 0 Å². The van der Waals surface area contributed by atoms with Crippen molar-refractivity contribution >= 4 is 5.97 Å². The second-order valence-corrected chi connectivity index (χ2v) is 6.36. The van der Waals surface area contributed by atoms with Crippen molar-refractivity contribution in [3.63, 3.8) is 0 Å². The number of esters is 1. The summed E-state index contributed by atoms with van der Waals surface area (Å²) in [7, 11) is 0. The summed E-state index contributed by atoms with van der Waals surface area (Å²) in [5.41, 5.74) is -1.47. The first-order chi connectivity index (χ1) is 9.15. The first kappa shape index (κ1) is 14.2. The van der Waals surface area contributed by atoms with Crippen LogP contribution in [0.3, 0.4) is 0 Å². The fraction of sp³-hybridized carbons (Fsp3) is 0.923. The van der Waals surface area contributed by atoms with Gasteiger partial charge >= 0.3 is 5.97 Å². The Morgan fingerprint density at radius 3 is 2.35 bits per heavy atom. The lowest BCUT2D eigenvalue weighted by atomic mass is 9.94. The summed E-state index contributed by atoms with van der Waals surface area (Å²) in [5, 5.41) is 10.5. The highest BCUT2D eigenvalue weighted by molar-refractivity contribution is 5.84. The second kappa shape index (κ2) is 4.14. The second-order valence-electron chi connectivity index (χ2n) is 6.36. The lowest BCUT2D eigenvalue weighted by Crippen LogP contribution is -2.51. The largest absolute Gasteiger partial charge is 0.454 e. The molecule has 4 atom stereocenters. The van der Waals surface area contributed by atoms with Gasteiger partial charge in [-0.05, 0) is 27.7 Å². The number of carbonyl (C=O) groups excluding carboxylic acids is 1. The molecule has 1 N–H and O–H groups in total. The molecular formula is C13H20O7. The Morgan fingerprint density at radius 1 is 1.15 bits per heavy atom. The smallest absolute Gasteiger partial charge is 0.344 e. The van der Waals surface area contributed by atoms with Gasteiger partial charge in [-0.25, -0.2) is 4.79 Å². The van der Waals surface area contributed by atoms with Gasteiger partial charge in [-0.1, -0.05) is 0 Å². The van der Waals surface area contributed by atoms with Crippen LogP contribution in [-0.2, 0) is 28.5 Å². The number of aliphatic hydroxyl groups is 1. The Labute approximate surface area is 117 Å². The zero-order chi connectivity index (χ0) is 14.8. The number of cyclic esters (lactones) is 1. The van der Waals surface area contributed by atoms with E-state index >= 15 is 0 Å². The first-order valence-electron chi connectivity index (χ1n) is 6.70. The molecule has 0 bridgehead atoms. The molecule has 114 valence electrons. The predicted octanol–water partition coefficient (Wildman–Crippen LogP) is -0.0541. The molecule has 3 rings (SSSR count). The van der Waals surface area contributed by atoms with Gasteiger partial charge in [0.15, 0.2) is 17.7 Å². The van der Waals surface area contributed by atoms with E-state index < -0.39 is 41.5 Å². The highest BCUT2D eigenvalue weighted by atomic mass is 16.8. The molecule has 3 aliphatic rings.